The monoisotopic (exact) mass is 364 g/mol. The van der Waals surface area contributed by atoms with Crippen molar-refractivity contribution >= 4 is 40.7 Å². The lowest BCUT2D eigenvalue weighted by molar-refractivity contribution is -0.120. The predicted molar refractivity (Wildman–Crippen MR) is 96.8 cm³/mol. The minimum atomic E-state index is -0.130. The molecule has 2 heterocycles. The Kier molecular flexibility index (Phi) is 5.21. The molecule has 7 heteroatoms. The second-order valence-corrected chi connectivity index (χ2v) is 6.74. The normalized spacial score (nSPS) is 17.6. The summed E-state index contributed by atoms with van der Waals surface area (Å²) in [6, 6.07) is 6.90. The number of nitrogens with one attached hydrogen (secondary N) is 1. The van der Waals surface area contributed by atoms with Crippen LogP contribution in [0.4, 0.5) is 11.6 Å². The molecule has 5 nitrogen and oxygen atoms in total. The number of hydrogen-bond acceptors (Lipinski definition) is 4. The number of carbonyl (C=O) groups is 1. The van der Waals surface area contributed by atoms with Gasteiger partial charge < -0.3 is 10.2 Å². The number of piperidine rings is 1. The summed E-state index contributed by atoms with van der Waals surface area (Å²) in [6.07, 6.45) is 3.50. The second-order valence-electron chi connectivity index (χ2n) is 5.90. The molecule has 1 aromatic carbocycles. The summed E-state index contributed by atoms with van der Waals surface area (Å²) in [5, 5.41) is 3.87. The third kappa shape index (κ3) is 3.97. The number of rotatable bonds is 3. The molecular formula is C17H18Cl2N4O. The number of benzene rings is 1. The molecule has 1 N–H and O–H groups in total. The van der Waals surface area contributed by atoms with Gasteiger partial charge in [0, 0.05) is 30.0 Å². The zero-order valence-electron chi connectivity index (χ0n) is 13.3. The van der Waals surface area contributed by atoms with Crippen LogP contribution in [0.3, 0.4) is 0 Å². The number of aromatic nitrogens is 2. The Labute approximate surface area is 151 Å². The van der Waals surface area contributed by atoms with Gasteiger partial charge in [-0.25, -0.2) is 9.97 Å². The molecule has 0 spiro atoms. The Balaban J connectivity index is 1.69. The molecule has 126 valence electrons. The van der Waals surface area contributed by atoms with Crippen molar-refractivity contribution in [2.24, 2.45) is 5.92 Å². The first kappa shape index (κ1) is 17.0. The van der Waals surface area contributed by atoms with Crippen LogP contribution >= 0.6 is 23.2 Å². The van der Waals surface area contributed by atoms with Gasteiger partial charge in [-0.3, -0.25) is 4.79 Å². The lowest BCUT2D eigenvalue weighted by Gasteiger charge is -2.32. The molecule has 0 saturated carbocycles. The number of hydrogen-bond donors (Lipinski definition) is 1. The minimum Gasteiger partial charge on any atom is -0.340 e. The van der Waals surface area contributed by atoms with E-state index in [4.69, 9.17) is 23.2 Å². The molecule has 1 amide bonds. The SMILES string of the molecule is Cc1ccnc(N2CCCC(C(=O)Nc3ccc(Cl)cc3Cl)C2)n1. The van der Waals surface area contributed by atoms with Crippen molar-refractivity contribution in [3.8, 4) is 0 Å². The highest BCUT2D eigenvalue weighted by molar-refractivity contribution is 6.36. The second kappa shape index (κ2) is 7.36. The van der Waals surface area contributed by atoms with E-state index in [1.165, 1.54) is 0 Å². The molecule has 24 heavy (non-hydrogen) atoms. The van der Waals surface area contributed by atoms with Crippen molar-refractivity contribution < 1.29 is 4.79 Å². The van der Waals surface area contributed by atoms with E-state index in [1.54, 1.807) is 24.4 Å². The van der Waals surface area contributed by atoms with Gasteiger partial charge in [-0.2, -0.15) is 0 Å². The van der Waals surface area contributed by atoms with Crippen LogP contribution in [0.15, 0.2) is 30.5 Å². The summed E-state index contributed by atoms with van der Waals surface area (Å²) in [7, 11) is 0. The Morgan fingerprint density at radius 2 is 2.17 bits per heavy atom. The number of halogens is 2. The van der Waals surface area contributed by atoms with Gasteiger partial charge in [0.2, 0.25) is 11.9 Å². The first-order valence-corrected chi connectivity index (χ1v) is 8.59. The summed E-state index contributed by atoms with van der Waals surface area (Å²) in [4.78, 5) is 23.4. The lowest BCUT2D eigenvalue weighted by atomic mass is 9.97. The molecule has 3 rings (SSSR count). The quantitative estimate of drug-likeness (QED) is 0.895. The largest absolute Gasteiger partial charge is 0.340 e. The Bertz CT molecular complexity index is 753. The van der Waals surface area contributed by atoms with E-state index in [0.29, 0.717) is 28.2 Å². The fraction of sp³-hybridized carbons (Fsp3) is 0.353. The third-order valence-corrected chi connectivity index (χ3v) is 4.59. The van der Waals surface area contributed by atoms with Crippen molar-refractivity contribution in [1.82, 2.24) is 9.97 Å². The molecule has 0 bridgehead atoms. The molecular weight excluding hydrogens is 347 g/mol. The standard InChI is InChI=1S/C17H18Cl2N4O/c1-11-6-7-20-17(21-11)23-8-2-3-12(10-23)16(24)22-15-5-4-13(18)9-14(15)19/h4-7,9,12H,2-3,8,10H2,1H3,(H,22,24). The van der Waals surface area contributed by atoms with E-state index in [-0.39, 0.29) is 11.8 Å². The van der Waals surface area contributed by atoms with Crippen LogP contribution in [0.25, 0.3) is 0 Å². The molecule has 0 radical (unpaired) electrons. The van der Waals surface area contributed by atoms with Crippen molar-refractivity contribution in [2.45, 2.75) is 19.8 Å². The maximum absolute atomic E-state index is 12.6. The summed E-state index contributed by atoms with van der Waals surface area (Å²) in [5.74, 6) is 0.503. The zero-order chi connectivity index (χ0) is 17.1. The maximum Gasteiger partial charge on any atom is 0.229 e. The topological polar surface area (TPSA) is 58.1 Å². The predicted octanol–water partition coefficient (Wildman–Crippen LogP) is 3.95. The maximum atomic E-state index is 12.6. The highest BCUT2D eigenvalue weighted by Gasteiger charge is 2.27. The number of carbonyl (C=O) groups excluding carboxylic acids is 1. The molecule has 1 fully saturated rings. The van der Waals surface area contributed by atoms with Crippen molar-refractivity contribution in [3.05, 3.63) is 46.2 Å². The fourth-order valence-electron chi connectivity index (χ4n) is 2.79. The van der Waals surface area contributed by atoms with Gasteiger partial charge in [0.15, 0.2) is 0 Å². The number of amides is 1. The van der Waals surface area contributed by atoms with Crippen LogP contribution in [0.2, 0.25) is 10.0 Å². The van der Waals surface area contributed by atoms with E-state index in [9.17, 15) is 4.79 Å². The smallest absolute Gasteiger partial charge is 0.229 e. The summed E-state index contributed by atoms with van der Waals surface area (Å²) in [5.41, 5.74) is 1.49. The summed E-state index contributed by atoms with van der Waals surface area (Å²) >= 11 is 12.0. The van der Waals surface area contributed by atoms with Crippen LogP contribution in [-0.4, -0.2) is 29.0 Å². The van der Waals surface area contributed by atoms with E-state index in [0.717, 1.165) is 25.1 Å². The van der Waals surface area contributed by atoms with Crippen LogP contribution in [-0.2, 0) is 4.79 Å². The molecule has 1 atom stereocenters. The van der Waals surface area contributed by atoms with Gasteiger partial charge >= 0.3 is 0 Å². The summed E-state index contributed by atoms with van der Waals surface area (Å²) < 4.78 is 0. The first-order chi connectivity index (χ1) is 11.5. The summed E-state index contributed by atoms with van der Waals surface area (Å²) in [6.45, 7) is 3.39. The minimum absolute atomic E-state index is 0.0448. The van der Waals surface area contributed by atoms with Gasteiger partial charge in [-0.05, 0) is 44.0 Å². The average molecular weight is 365 g/mol. The first-order valence-electron chi connectivity index (χ1n) is 7.83. The van der Waals surface area contributed by atoms with Gasteiger partial charge in [0.1, 0.15) is 0 Å². The van der Waals surface area contributed by atoms with Crippen LogP contribution in [0.1, 0.15) is 18.5 Å². The molecule has 0 aliphatic carbocycles. The molecule has 2 aromatic rings. The molecule has 1 aromatic heterocycles. The van der Waals surface area contributed by atoms with E-state index >= 15 is 0 Å². The van der Waals surface area contributed by atoms with Gasteiger partial charge in [-0.1, -0.05) is 23.2 Å². The van der Waals surface area contributed by atoms with Crippen LogP contribution in [0, 0.1) is 12.8 Å². The molecule has 1 aliphatic heterocycles. The van der Waals surface area contributed by atoms with E-state index < -0.39 is 0 Å². The molecule has 1 saturated heterocycles. The van der Waals surface area contributed by atoms with Crippen molar-refractivity contribution in [3.63, 3.8) is 0 Å². The third-order valence-electron chi connectivity index (χ3n) is 4.05. The number of anilines is 2. The van der Waals surface area contributed by atoms with E-state index in [2.05, 4.69) is 20.2 Å². The average Bonchev–Trinajstić information content (AvgIpc) is 2.57. The molecule has 1 aliphatic rings. The van der Waals surface area contributed by atoms with Crippen molar-refractivity contribution in [2.75, 3.05) is 23.3 Å². The highest BCUT2D eigenvalue weighted by atomic mass is 35.5. The van der Waals surface area contributed by atoms with Crippen LogP contribution in [0.5, 0.6) is 0 Å². The van der Waals surface area contributed by atoms with E-state index in [1.807, 2.05) is 13.0 Å². The van der Waals surface area contributed by atoms with Gasteiger partial charge in [0.05, 0.1) is 16.6 Å². The Morgan fingerprint density at radius 1 is 1.33 bits per heavy atom. The lowest BCUT2D eigenvalue weighted by Crippen LogP contribution is -2.41. The Morgan fingerprint density at radius 3 is 2.92 bits per heavy atom. The fourth-order valence-corrected chi connectivity index (χ4v) is 3.24. The van der Waals surface area contributed by atoms with Gasteiger partial charge in [-0.15, -0.1) is 0 Å². The zero-order valence-corrected chi connectivity index (χ0v) is 14.8. The van der Waals surface area contributed by atoms with Crippen molar-refractivity contribution in [1.29, 1.82) is 0 Å². The highest BCUT2D eigenvalue weighted by Crippen LogP contribution is 2.27. The number of aryl methyl sites for hydroxylation is 1. The Hall–Kier alpha value is -1.85. The van der Waals surface area contributed by atoms with Crippen LogP contribution < -0.4 is 10.2 Å². The molecule has 1 unspecified atom stereocenters. The van der Waals surface area contributed by atoms with Gasteiger partial charge in [0.25, 0.3) is 0 Å². The number of nitrogens with zero attached hydrogens (tertiary/aromatic N) is 3.